The number of hydrogen-bond acceptors (Lipinski definition) is 3. The van der Waals surface area contributed by atoms with Crippen LogP contribution in [0, 0.1) is 5.92 Å². The number of nitrogens with one attached hydrogen (secondary N) is 1. The molecule has 2 rings (SSSR count). The number of amides is 1. The van der Waals surface area contributed by atoms with Crippen LogP contribution in [-0.2, 0) is 36.0 Å². The van der Waals surface area contributed by atoms with E-state index in [9.17, 15) is 4.79 Å². The highest BCUT2D eigenvalue weighted by Crippen LogP contribution is 2.21. The Bertz CT molecular complexity index is 496. The monoisotopic (exact) mass is 293 g/mol. The fourth-order valence-electron chi connectivity index (χ4n) is 3.17. The molecule has 1 saturated heterocycles. The molecule has 0 unspecified atom stereocenters. The third kappa shape index (κ3) is 3.46. The Morgan fingerprint density at radius 2 is 2.19 bits per heavy atom. The van der Waals surface area contributed by atoms with Gasteiger partial charge in [-0.2, -0.15) is 5.10 Å². The molecule has 0 aromatic carbocycles. The van der Waals surface area contributed by atoms with Gasteiger partial charge in [0.2, 0.25) is 5.91 Å². The van der Waals surface area contributed by atoms with Crippen molar-refractivity contribution in [3.8, 4) is 0 Å². The SMILES string of the molecule is CCc1nn(C)c(CC)c1CNC(=O)[C@@H]1CCCO[C@H]1C. The Balaban J connectivity index is 2.04. The van der Waals surface area contributed by atoms with E-state index >= 15 is 0 Å². The number of rotatable bonds is 5. The van der Waals surface area contributed by atoms with Crippen LogP contribution in [0.25, 0.3) is 0 Å². The Morgan fingerprint density at radius 3 is 2.81 bits per heavy atom. The van der Waals surface area contributed by atoms with E-state index in [-0.39, 0.29) is 17.9 Å². The molecule has 1 N–H and O–H groups in total. The second-order valence-corrected chi connectivity index (χ2v) is 5.75. The van der Waals surface area contributed by atoms with Gasteiger partial charge in [0.15, 0.2) is 0 Å². The maximum absolute atomic E-state index is 12.4. The van der Waals surface area contributed by atoms with Gasteiger partial charge >= 0.3 is 0 Å². The first-order valence-electron chi connectivity index (χ1n) is 8.01. The molecule has 21 heavy (non-hydrogen) atoms. The summed E-state index contributed by atoms with van der Waals surface area (Å²) in [6, 6.07) is 0. The maximum Gasteiger partial charge on any atom is 0.225 e. The van der Waals surface area contributed by atoms with E-state index in [0.29, 0.717) is 6.54 Å². The molecule has 1 fully saturated rings. The van der Waals surface area contributed by atoms with Crippen molar-refractivity contribution in [1.29, 1.82) is 0 Å². The van der Waals surface area contributed by atoms with E-state index in [1.165, 1.54) is 11.3 Å². The molecule has 0 saturated carbocycles. The summed E-state index contributed by atoms with van der Waals surface area (Å²) in [6.07, 6.45) is 3.72. The van der Waals surface area contributed by atoms with Gasteiger partial charge in [-0.3, -0.25) is 9.48 Å². The van der Waals surface area contributed by atoms with Gasteiger partial charge in [-0.25, -0.2) is 0 Å². The molecule has 0 bridgehead atoms. The standard InChI is InChI=1S/C16H27N3O2/c1-5-14-13(15(6-2)19(4)18-14)10-17-16(20)12-8-7-9-21-11(12)3/h11-12H,5-10H2,1-4H3,(H,17,20)/t11-,12+/m0/s1. The quantitative estimate of drug-likeness (QED) is 0.903. The molecule has 1 aliphatic heterocycles. The summed E-state index contributed by atoms with van der Waals surface area (Å²) in [5, 5.41) is 7.64. The lowest BCUT2D eigenvalue weighted by Crippen LogP contribution is -2.40. The zero-order valence-corrected chi connectivity index (χ0v) is 13.6. The van der Waals surface area contributed by atoms with Crippen molar-refractivity contribution in [2.75, 3.05) is 6.61 Å². The molecule has 0 spiro atoms. The van der Waals surface area contributed by atoms with Crippen LogP contribution in [0.15, 0.2) is 0 Å². The lowest BCUT2D eigenvalue weighted by Gasteiger charge is -2.28. The van der Waals surface area contributed by atoms with Crippen molar-refractivity contribution >= 4 is 5.91 Å². The van der Waals surface area contributed by atoms with Crippen LogP contribution < -0.4 is 5.32 Å². The summed E-state index contributed by atoms with van der Waals surface area (Å²) >= 11 is 0. The smallest absolute Gasteiger partial charge is 0.225 e. The number of carbonyl (C=O) groups excluding carboxylic acids is 1. The van der Waals surface area contributed by atoms with Crippen molar-refractivity contribution in [3.05, 3.63) is 17.0 Å². The van der Waals surface area contributed by atoms with Crippen LogP contribution in [0.4, 0.5) is 0 Å². The van der Waals surface area contributed by atoms with Crippen molar-refractivity contribution in [2.24, 2.45) is 13.0 Å². The van der Waals surface area contributed by atoms with Gasteiger partial charge in [0.25, 0.3) is 0 Å². The number of nitrogens with zero attached hydrogens (tertiary/aromatic N) is 2. The van der Waals surface area contributed by atoms with Crippen molar-refractivity contribution in [3.63, 3.8) is 0 Å². The highest BCUT2D eigenvalue weighted by atomic mass is 16.5. The zero-order chi connectivity index (χ0) is 15.4. The maximum atomic E-state index is 12.4. The van der Waals surface area contributed by atoms with E-state index < -0.39 is 0 Å². The van der Waals surface area contributed by atoms with Crippen LogP contribution in [0.3, 0.4) is 0 Å². The van der Waals surface area contributed by atoms with E-state index in [2.05, 4.69) is 24.3 Å². The van der Waals surface area contributed by atoms with E-state index in [0.717, 1.165) is 38.0 Å². The van der Waals surface area contributed by atoms with Gasteiger partial charge in [0.05, 0.1) is 17.7 Å². The van der Waals surface area contributed by atoms with Gasteiger partial charge < -0.3 is 10.1 Å². The number of hydrogen-bond donors (Lipinski definition) is 1. The van der Waals surface area contributed by atoms with Crippen molar-refractivity contribution in [2.45, 2.75) is 59.1 Å². The normalized spacial score (nSPS) is 22.3. The first-order chi connectivity index (χ1) is 10.1. The minimum Gasteiger partial charge on any atom is -0.378 e. The average molecular weight is 293 g/mol. The number of carbonyl (C=O) groups is 1. The molecule has 5 nitrogen and oxygen atoms in total. The molecule has 118 valence electrons. The lowest BCUT2D eigenvalue weighted by molar-refractivity contribution is -0.133. The minimum absolute atomic E-state index is 0.0175. The number of ether oxygens (including phenoxy) is 1. The average Bonchev–Trinajstić information content (AvgIpc) is 2.80. The Labute approximate surface area is 127 Å². The molecule has 0 aliphatic carbocycles. The molecule has 2 atom stereocenters. The number of aromatic nitrogens is 2. The molecule has 5 heteroatoms. The fraction of sp³-hybridized carbons (Fsp3) is 0.750. The molecule has 1 aromatic heterocycles. The van der Waals surface area contributed by atoms with Gasteiger partial charge in [0, 0.05) is 31.5 Å². The molecule has 0 radical (unpaired) electrons. The predicted molar refractivity (Wildman–Crippen MR) is 81.9 cm³/mol. The molecule has 2 heterocycles. The van der Waals surface area contributed by atoms with Gasteiger partial charge in [-0.1, -0.05) is 13.8 Å². The van der Waals surface area contributed by atoms with Crippen LogP contribution in [0.2, 0.25) is 0 Å². The molecular formula is C16H27N3O2. The highest BCUT2D eigenvalue weighted by Gasteiger charge is 2.28. The number of aryl methyl sites for hydroxylation is 2. The summed E-state index contributed by atoms with van der Waals surface area (Å²) in [5.74, 6) is 0.0840. The van der Waals surface area contributed by atoms with Crippen LogP contribution >= 0.6 is 0 Å². The van der Waals surface area contributed by atoms with Gasteiger partial charge in [-0.15, -0.1) is 0 Å². The molecule has 1 amide bonds. The summed E-state index contributed by atoms with van der Waals surface area (Å²) in [4.78, 5) is 12.4. The summed E-state index contributed by atoms with van der Waals surface area (Å²) in [5.41, 5.74) is 3.47. The molecule has 1 aromatic rings. The van der Waals surface area contributed by atoms with Crippen LogP contribution in [0.1, 0.15) is 50.6 Å². The van der Waals surface area contributed by atoms with Crippen molar-refractivity contribution < 1.29 is 9.53 Å². The zero-order valence-electron chi connectivity index (χ0n) is 13.6. The summed E-state index contributed by atoms with van der Waals surface area (Å²) < 4.78 is 7.52. The summed E-state index contributed by atoms with van der Waals surface area (Å²) in [6.45, 7) is 7.56. The predicted octanol–water partition coefficient (Wildman–Crippen LogP) is 1.98. The van der Waals surface area contributed by atoms with E-state index in [4.69, 9.17) is 4.74 Å². The largest absolute Gasteiger partial charge is 0.378 e. The van der Waals surface area contributed by atoms with E-state index in [1.54, 1.807) is 0 Å². The van der Waals surface area contributed by atoms with Crippen LogP contribution in [0.5, 0.6) is 0 Å². The molecular weight excluding hydrogens is 266 g/mol. The lowest BCUT2D eigenvalue weighted by atomic mass is 9.94. The second-order valence-electron chi connectivity index (χ2n) is 5.75. The topological polar surface area (TPSA) is 56.2 Å². The Morgan fingerprint density at radius 1 is 1.43 bits per heavy atom. The fourth-order valence-corrected chi connectivity index (χ4v) is 3.17. The van der Waals surface area contributed by atoms with Gasteiger partial charge in [0.1, 0.15) is 0 Å². The third-order valence-corrected chi connectivity index (χ3v) is 4.41. The Kier molecular flexibility index (Phi) is 5.39. The van der Waals surface area contributed by atoms with Crippen molar-refractivity contribution in [1.82, 2.24) is 15.1 Å². The van der Waals surface area contributed by atoms with Gasteiger partial charge in [-0.05, 0) is 32.6 Å². The molecule has 1 aliphatic rings. The first kappa shape index (κ1) is 16.0. The highest BCUT2D eigenvalue weighted by molar-refractivity contribution is 5.79. The Hall–Kier alpha value is -1.36. The summed E-state index contributed by atoms with van der Waals surface area (Å²) in [7, 11) is 1.97. The van der Waals surface area contributed by atoms with E-state index in [1.807, 2.05) is 18.7 Å². The second kappa shape index (κ2) is 7.07. The minimum atomic E-state index is -0.0226. The first-order valence-corrected chi connectivity index (χ1v) is 8.01. The van der Waals surface area contributed by atoms with Crippen LogP contribution in [-0.4, -0.2) is 28.4 Å². The third-order valence-electron chi connectivity index (χ3n) is 4.41.